The molecule has 1 unspecified atom stereocenters. The highest BCUT2D eigenvalue weighted by atomic mass is 16.5. The molecule has 0 N–H and O–H groups in total. The first-order chi connectivity index (χ1) is 14.4. The average Bonchev–Trinajstić information content (AvgIpc) is 2.73. The minimum Gasteiger partial charge on any atom is -0.494 e. The van der Waals surface area contributed by atoms with E-state index in [1.807, 2.05) is 37.3 Å². The van der Waals surface area contributed by atoms with Crippen molar-refractivity contribution in [3.63, 3.8) is 0 Å². The topological polar surface area (TPSA) is 72.6 Å². The van der Waals surface area contributed by atoms with Gasteiger partial charge in [0.2, 0.25) is 0 Å². The van der Waals surface area contributed by atoms with Crippen molar-refractivity contribution in [3.05, 3.63) is 69.4 Å². The normalized spacial score (nSPS) is 12.0. The van der Waals surface area contributed by atoms with Crippen molar-refractivity contribution in [3.8, 4) is 5.75 Å². The number of carbonyl (C=O) groups is 1. The summed E-state index contributed by atoms with van der Waals surface area (Å²) in [6.07, 6.45) is 3.63. The van der Waals surface area contributed by atoms with Gasteiger partial charge in [0.1, 0.15) is 22.6 Å². The van der Waals surface area contributed by atoms with E-state index < -0.39 is 5.63 Å². The number of ether oxygens (including phenoxy) is 1. The molecule has 2 heterocycles. The number of hydrogen-bond donors (Lipinski definition) is 0. The summed E-state index contributed by atoms with van der Waals surface area (Å²) < 4.78 is 10.9. The third kappa shape index (κ3) is 4.22. The molecule has 0 aliphatic heterocycles. The lowest BCUT2D eigenvalue weighted by Crippen LogP contribution is -2.31. The largest absolute Gasteiger partial charge is 0.494 e. The van der Waals surface area contributed by atoms with Crippen LogP contribution in [0.1, 0.15) is 59.9 Å². The Balaban J connectivity index is 1.90. The molecule has 0 aliphatic carbocycles. The van der Waals surface area contributed by atoms with Gasteiger partial charge in [0, 0.05) is 31.1 Å². The number of aromatic nitrogens is 1. The van der Waals surface area contributed by atoms with Crippen molar-refractivity contribution < 1.29 is 13.9 Å². The van der Waals surface area contributed by atoms with Crippen molar-refractivity contribution in [2.45, 2.75) is 46.1 Å². The monoisotopic (exact) mass is 408 g/mol. The van der Waals surface area contributed by atoms with Crippen molar-refractivity contribution in [2.75, 3.05) is 14.2 Å². The number of methoxy groups -OCH3 is 1. The van der Waals surface area contributed by atoms with Crippen molar-refractivity contribution in [1.29, 1.82) is 0 Å². The summed E-state index contributed by atoms with van der Waals surface area (Å²) in [6.45, 7) is 6.23. The average molecular weight is 408 g/mol. The molecule has 3 aromatic rings. The van der Waals surface area contributed by atoms with Crippen LogP contribution in [0.2, 0.25) is 0 Å². The molecule has 3 rings (SSSR count). The van der Waals surface area contributed by atoms with Gasteiger partial charge in [-0.25, -0.2) is 4.79 Å². The minimum atomic E-state index is -0.578. The van der Waals surface area contributed by atoms with Gasteiger partial charge in [-0.2, -0.15) is 0 Å². The quantitative estimate of drug-likeness (QED) is 0.567. The Morgan fingerprint density at radius 2 is 2.07 bits per heavy atom. The first-order valence-corrected chi connectivity index (χ1v) is 10.2. The molecule has 0 bridgehead atoms. The van der Waals surface area contributed by atoms with Crippen LogP contribution in [0.4, 0.5) is 0 Å². The van der Waals surface area contributed by atoms with Gasteiger partial charge >= 0.3 is 5.63 Å². The van der Waals surface area contributed by atoms with Crippen LogP contribution in [0.5, 0.6) is 5.75 Å². The van der Waals surface area contributed by atoms with Gasteiger partial charge in [0.25, 0.3) is 5.91 Å². The summed E-state index contributed by atoms with van der Waals surface area (Å²) in [5.41, 5.74) is 1.81. The molecular weight excluding hydrogens is 380 g/mol. The van der Waals surface area contributed by atoms with Crippen LogP contribution in [0, 0.1) is 6.92 Å². The number of hydrogen-bond acceptors (Lipinski definition) is 5. The number of benzene rings is 1. The van der Waals surface area contributed by atoms with Crippen LogP contribution < -0.4 is 10.4 Å². The van der Waals surface area contributed by atoms with Crippen LogP contribution in [0.15, 0.2) is 45.7 Å². The lowest BCUT2D eigenvalue weighted by molar-refractivity contribution is 0.0779. The van der Waals surface area contributed by atoms with E-state index in [9.17, 15) is 9.59 Å². The molecule has 1 aromatic carbocycles. The second kappa shape index (κ2) is 9.11. The van der Waals surface area contributed by atoms with Gasteiger partial charge in [-0.05, 0) is 42.7 Å². The molecule has 0 fully saturated rings. The Morgan fingerprint density at radius 1 is 1.30 bits per heavy atom. The number of aryl methyl sites for hydroxylation is 1. The Bertz CT molecular complexity index is 1120. The number of rotatable bonds is 7. The van der Waals surface area contributed by atoms with Crippen LogP contribution in [0.25, 0.3) is 10.9 Å². The zero-order valence-electron chi connectivity index (χ0n) is 18.2. The van der Waals surface area contributed by atoms with Crippen molar-refractivity contribution in [2.24, 2.45) is 0 Å². The van der Waals surface area contributed by atoms with Gasteiger partial charge in [-0.15, -0.1) is 0 Å². The van der Waals surface area contributed by atoms with Crippen LogP contribution in [-0.4, -0.2) is 29.9 Å². The fourth-order valence-corrected chi connectivity index (χ4v) is 3.73. The lowest BCUT2D eigenvalue weighted by atomic mass is 10.00. The summed E-state index contributed by atoms with van der Waals surface area (Å²) >= 11 is 0. The maximum atomic E-state index is 13.1. The number of nitrogens with zero attached hydrogens (tertiary/aromatic N) is 2. The fourth-order valence-electron chi connectivity index (χ4n) is 3.73. The van der Waals surface area contributed by atoms with E-state index in [2.05, 4.69) is 11.9 Å². The third-order valence-corrected chi connectivity index (χ3v) is 5.39. The van der Waals surface area contributed by atoms with E-state index in [0.29, 0.717) is 23.6 Å². The zero-order chi connectivity index (χ0) is 21.8. The molecule has 1 amide bonds. The lowest BCUT2D eigenvalue weighted by Gasteiger charge is -2.20. The predicted octanol–water partition coefficient (Wildman–Crippen LogP) is 4.68. The zero-order valence-corrected chi connectivity index (χ0v) is 18.2. The summed E-state index contributed by atoms with van der Waals surface area (Å²) in [5, 5.41) is 0.906. The number of pyridine rings is 1. The van der Waals surface area contributed by atoms with E-state index in [4.69, 9.17) is 9.15 Å². The molecule has 2 aromatic heterocycles. The second-order valence-electron chi connectivity index (χ2n) is 7.67. The highest BCUT2D eigenvalue weighted by Gasteiger charge is 2.22. The van der Waals surface area contributed by atoms with Crippen molar-refractivity contribution >= 4 is 16.8 Å². The fraction of sp³-hybridized carbons (Fsp3) is 0.375. The first kappa shape index (κ1) is 21.6. The molecule has 158 valence electrons. The summed E-state index contributed by atoms with van der Waals surface area (Å²) in [6, 6.07) is 9.36. The standard InChI is InChI=1S/C24H28N2O4/c1-6-8-15(2)20-13-16(3)21(24(28)30-20)23(27)26(4)14-17-10-11-19(29-5)22-18(17)9-7-12-25-22/h7,9-13,15H,6,8,14H2,1-5H3. The molecule has 0 radical (unpaired) electrons. The highest BCUT2D eigenvalue weighted by Crippen LogP contribution is 2.27. The molecule has 1 atom stereocenters. The Kier molecular flexibility index (Phi) is 6.55. The Labute approximate surface area is 176 Å². The number of carbonyl (C=O) groups excluding carboxylic acids is 1. The van der Waals surface area contributed by atoms with Crippen LogP contribution in [0.3, 0.4) is 0 Å². The van der Waals surface area contributed by atoms with Gasteiger partial charge < -0.3 is 14.1 Å². The summed E-state index contributed by atoms with van der Waals surface area (Å²) in [5.74, 6) is 1.09. The number of fused-ring (bicyclic) bond motifs is 1. The highest BCUT2D eigenvalue weighted by molar-refractivity contribution is 5.95. The molecule has 0 saturated carbocycles. The predicted molar refractivity (Wildman–Crippen MR) is 117 cm³/mol. The van der Waals surface area contributed by atoms with Gasteiger partial charge in [-0.1, -0.05) is 32.4 Å². The van der Waals surface area contributed by atoms with E-state index in [1.54, 1.807) is 27.3 Å². The number of amides is 1. The van der Waals surface area contributed by atoms with E-state index in [0.717, 1.165) is 29.3 Å². The maximum Gasteiger partial charge on any atom is 0.349 e. The maximum absolute atomic E-state index is 13.1. The molecule has 6 heteroatoms. The van der Waals surface area contributed by atoms with E-state index in [1.165, 1.54) is 4.90 Å². The summed E-state index contributed by atoms with van der Waals surface area (Å²) in [7, 11) is 3.28. The van der Waals surface area contributed by atoms with Gasteiger partial charge in [0.05, 0.1) is 7.11 Å². The first-order valence-electron chi connectivity index (χ1n) is 10.2. The molecule has 6 nitrogen and oxygen atoms in total. The van der Waals surface area contributed by atoms with Gasteiger partial charge in [0.15, 0.2) is 0 Å². The molecule has 0 spiro atoms. The summed E-state index contributed by atoms with van der Waals surface area (Å²) in [4.78, 5) is 31.6. The minimum absolute atomic E-state index is 0.0842. The Hall–Kier alpha value is -3.15. The molecule has 30 heavy (non-hydrogen) atoms. The third-order valence-electron chi connectivity index (χ3n) is 5.39. The molecule has 0 saturated heterocycles. The van der Waals surface area contributed by atoms with Crippen LogP contribution >= 0.6 is 0 Å². The van der Waals surface area contributed by atoms with E-state index >= 15 is 0 Å². The second-order valence-corrected chi connectivity index (χ2v) is 7.67. The van der Waals surface area contributed by atoms with E-state index in [-0.39, 0.29) is 17.4 Å². The van der Waals surface area contributed by atoms with Gasteiger partial charge in [-0.3, -0.25) is 9.78 Å². The molecule has 0 aliphatic rings. The SMILES string of the molecule is CCCC(C)c1cc(C)c(C(=O)N(C)Cc2ccc(OC)c3ncccc23)c(=O)o1. The molecular formula is C24H28N2O4. The smallest absolute Gasteiger partial charge is 0.349 e. The van der Waals surface area contributed by atoms with Crippen molar-refractivity contribution in [1.82, 2.24) is 9.88 Å². The van der Waals surface area contributed by atoms with Crippen LogP contribution in [-0.2, 0) is 6.54 Å². The Morgan fingerprint density at radius 3 is 2.73 bits per heavy atom.